The zero-order valence-electron chi connectivity index (χ0n) is 14.4. The van der Waals surface area contributed by atoms with E-state index in [4.69, 9.17) is 0 Å². The molecule has 0 unspecified atom stereocenters. The lowest BCUT2D eigenvalue weighted by Gasteiger charge is -2.27. The summed E-state index contributed by atoms with van der Waals surface area (Å²) in [6.45, 7) is 10.2. The second-order valence-corrected chi connectivity index (χ2v) is 7.65. The Morgan fingerprint density at radius 3 is 1.77 bits per heavy atom. The summed E-state index contributed by atoms with van der Waals surface area (Å²) in [4.78, 5) is 26.7. The summed E-state index contributed by atoms with van der Waals surface area (Å²) in [6, 6.07) is 0.282. The Bertz CT molecular complexity index is 424. The molecule has 2 aliphatic heterocycles. The van der Waals surface area contributed by atoms with Gasteiger partial charge in [-0.25, -0.2) is 4.79 Å². The van der Waals surface area contributed by atoms with Gasteiger partial charge in [0, 0.05) is 32.6 Å². The molecule has 3 rings (SSSR count). The van der Waals surface area contributed by atoms with Crippen LogP contribution in [0.1, 0.15) is 59.3 Å². The van der Waals surface area contributed by atoms with E-state index in [1.807, 2.05) is 16.7 Å². The number of nitrogens with zero attached hydrogens (tertiary/aromatic N) is 2. The number of ketones is 1. The van der Waals surface area contributed by atoms with Crippen molar-refractivity contribution >= 4 is 11.8 Å². The van der Waals surface area contributed by atoms with E-state index in [2.05, 4.69) is 13.8 Å². The summed E-state index contributed by atoms with van der Waals surface area (Å²) in [7, 11) is 0. The topological polar surface area (TPSA) is 40.6 Å². The van der Waals surface area contributed by atoms with Crippen molar-refractivity contribution in [3.8, 4) is 0 Å². The van der Waals surface area contributed by atoms with Crippen molar-refractivity contribution in [3.63, 3.8) is 0 Å². The Kier molecular flexibility index (Phi) is 5.65. The fourth-order valence-corrected chi connectivity index (χ4v) is 3.68. The number of hydrogen-bond donors (Lipinski definition) is 0. The second-order valence-electron chi connectivity index (χ2n) is 7.65. The Hall–Kier alpha value is -1.32. The van der Waals surface area contributed by atoms with Gasteiger partial charge in [-0.05, 0) is 50.5 Å². The molecule has 2 heterocycles. The van der Waals surface area contributed by atoms with E-state index in [-0.39, 0.29) is 17.2 Å². The summed E-state index contributed by atoms with van der Waals surface area (Å²) in [6.07, 6.45) is 8.33. The van der Waals surface area contributed by atoms with Crippen LogP contribution in [-0.2, 0) is 4.79 Å². The van der Waals surface area contributed by atoms with Crippen LogP contribution in [0.15, 0.2) is 11.6 Å². The number of likely N-dealkylation sites (tertiary alicyclic amines) is 2. The van der Waals surface area contributed by atoms with Crippen LogP contribution in [0.5, 0.6) is 0 Å². The minimum atomic E-state index is 0.204. The molecule has 2 amide bonds. The van der Waals surface area contributed by atoms with E-state index >= 15 is 0 Å². The van der Waals surface area contributed by atoms with Gasteiger partial charge in [0.05, 0.1) is 0 Å². The first-order valence-corrected chi connectivity index (χ1v) is 8.61. The van der Waals surface area contributed by atoms with Crippen molar-refractivity contribution in [1.29, 1.82) is 0 Å². The number of allylic oxidation sites excluding steroid dienone is 2. The van der Waals surface area contributed by atoms with Gasteiger partial charge in [-0.15, -0.1) is 0 Å². The van der Waals surface area contributed by atoms with Crippen LogP contribution in [0.4, 0.5) is 4.79 Å². The smallest absolute Gasteiger partial charge is 0.319 e. The number of urea groups is 1. The van der Waals surface area contributed by atoms with Crippen LogP contribution in [0.2, 0.25) is 0 Å². The minimum absolute atomic E-state index is 0.204. The zero-order valence-corrected chi connectivity index (χ0v) is 14.4. The molecule has 0 radical (unpaired) electrons. The van der Waals surface area contributed by atoms with Crippen LogP contribution in [0.3, 0.4) is 0 Å². The van der Waals surface area contributed by atoms with E-state index in [0.717, 1.165) is 32.6 Å². The normalized spacial score (nSPS) is 24.0. The molecule has 0 N–H and O–H groups in total. The highest BCUT2D eigenvalue weighted by Crippen LogP contribution is 2.32. The average Bonchev–Trinajstić information content (AvgIpc) is 3.10. The van der Waals surface area contributed by atoms with Crippen LogP contribution in [-0.4, -0.2) is 47.8 Å². The molecule has 4 heteroatoms. The third-order valence-corrected chi connectivity index (χ3v) is 4.57. The van der Waals surface area contributed by atoms with E-state index in [1.54, 1.807) is 6.08 Å². The third-order valence-electron chi connectivity index (χ3n) is 4.57. The molecule has 22 heavy (non-hydrogen) atoms. The van der Waals surface area contributed by atoms with Crippen molar-refractivity contribution in [1.82, 2.24) is 9.80 Å². The molecule has 0 saturated carbocycles. The Labute approximate surface area is 134 Å². The molecule has 0 spiro atoms. The zero-order chi connectivity index (χ0) is 16.2. The molecular formula is C18H30N2O2. The van der Waals surface area contributed by atoms with E-state index in [1.165, 1.54) is 31.3 Å². The molecule has 1 aliphatic carbocycles. The lowest BCUT2D eigenvalue weighted by Crippen LogP contribution is -2.39. The lowest BCUT2D eigenvalue weighted by molar-refractivity contribution is -0.117. The molecule has 2 saturated heterocycles. The van der Waals surface area contributed by atoms with E-state index in [9.17, 15) is 9.59 Å². The number of carbonyl (C=O) groups is 2. The maximum absolute atomic E-state index is 11.7. The highest BCUT2D eigenvalue weighted by molar-refractivity contribution is 5.91. The van der Waals surface area contributed by atoms with Gasteiger partial charge in [0.25, 0.3) is 0 Å². The Morgan fingerprint density at radius 1 is 0.955 bits per heavy atom. The number of amides is 2. The first-order chi connectivity index (χ1) is 10.4. The highest BCUT2D eigenvalue weighted by Gasteiger charge is 2.26. The standard InChI is InChI=1S/C9H16N2O.C9H14O/c12-9(10-5-1-2-6-10)11-7-3-4-8-11;1-7-4-8(10)6-9(2,3)5-7/h1-8H2;4H,5-6H2,1-3H3. The van der Waals surface area contributed by atoms with Gasteiger partial charge in [-0.1, -0.05) is 19.4 Å². The maximum Gasteiger partial charge on any atom is 0.319 e. The molecular weight excluding hydrogens is 276 g/mol. The molecule has 0 aromatic carbocycles. The quantitative estimate of drug-likeness (QED) is 0.686. The molecule has 2 fully saturated rings. The second kappa shape index (κ2) is 7.30. The molecule has 124 valence electrons. The molecule has 4 nitrogen and oxygen atoms in total. The average molecular weight is 306 g/mol. The maximum atomic E-state index is 11.7. The van der Waals surface area contributed by atoms with Crippen molar-refractivity contribution < 1.29 is 9.59 Å². The molecule has 0 bridgehead atoms. The fourth-order valence-electron chi connectivity index (χ4n) is 3.68. The molecule has 0 aromatic heterocycles. The first kappa shape index (κ1) is 17.0. The van der Waals surface area contributed by atoms with Crippen LogP contribution in [0.25, 0.3) is 0 Å². The Morgan fingerprint density at radius 2 is 1.41 bits per heavy atom. The van der Waals surface area contributed by atoms with E-state index in [0.29, 0.717) is 6.42 Å². The van der Waals surface area contributed by atoms with Gasteiger partial charge in [-0.3, -0.25) is 4.79 Å². The monoisotopic (exact) mass is 306 g/mol. The molecule has 0 atom stereocenters. The summed E-state index contributed by atoms with van der Waals surface area (Å²) in [5, 5.41) is 0. The first-order valence-electron chi connectivity index (χ1n) is 8.61. The summed E-state index contributed by atoms with van der Waals surface area (Å²) >= 11 is 0. The van der Waals surface area contributed by atoms with Crippen molar-refractivity contribution in [2.75, 3.05) is 26.2 Å². The summed E-state index contributed by atoms with van der Waals surface area (Å²) < 4.78 is 0. The fraction of sp³-hybridized carbons (Fsp3) is 0.778. The van der Waals surface area contributed by atoms with Crippen LogP contribution >= 0.6 is 0 Å². The number of rotatable bonds is 0. The number of hydrogen-bond acceptors (Lipinski definition) is 2. The van der Waals surface area contributed by atoms with Gasteiger partial charge in [0.2, 0.25) is 0 Å². The minimum Gasteiger partial charge on any atom is -0.325 e. The van der Waals surface area contributed by atoms with Gasteiger partial charge < -0.3 is 9.80 Å². The van der Waals surface area contributed by atoms with Gasteiger partial charge >= 0.3 is 6.03 Å². The van der Waals surface area contributed by atoms with E-state index < -0.39 is 0 Å². The highest BCUT2D eigenvalue weighted by atomic mass is 16.2. The predicted octanol–water partition coefficient (Wildman–Crippen LogP) is 3.62. The van der Waals surface area contributed by atoms with Crippen LogP contribution in [0, 0.1) is 5.41 Å². The van der Waals surface area contributed by atoms with Crippen LogP contribution < -0.4 is 0 Å². The predicted molar refractivity (Wildman–Crippen MR) is 88.8 cm³/mol. The summed E-state index contributed by atoms with van der Waals surface area (Å²) in [5.41, 5.74) is 1.43. The third kappa shape index (κ3) is 4.85. The largest absolute Gasteiger partial charge is 0.325 e. The summed E-state index contributed by atoms with van der Waals surface area (Å²) in [5.74, 6) is 0.286. The van der Waals surface area contributed by atoms with Crippen molar-refractivity contribution in [3.05, 3.63) is 11.6 Å². The molecule has 3 aliphatic rings. The molecule has 0 aromatic rings. The van der Waals surface area contributed by atoms with Gasteiger partial charge in [0.15, 0.2) is 5.78 Å². The number of carbonyl (C=O) groups excluding carboxylic acids is 2. The van der Waals surface area contributed by atoms with Gasteiger partial charge in [-0.2, -0.15) is 0 Å². The Balaban J connectivity index is 0.000000164. The SMILES string of the molecule is CC1=CC(=O)CC(C)(C)C1.O=C(N1CCCC1)N1CCCC1. The van der Waals surface area contributed by atoms with Crippen molar-refractivity contribution in [2.24, 2.45) is 5.41 Å². The van der Waals surface area contributed by atoms with Crippen molar-refractivity contribution in [2.45, 2.75) is 59.3 Å². The van der Waals surface area contributed by atoms with Gasteiger partial charge in [0.1, 0.15) is 0 Å². The lowest BCUT2D eigenvalue weighted by atomic mass is 9.77.